The number of hydrogen-bond donors (Lipinski definition) is 1. The second-order valence-corrected chi connectivity index (χ2v) is 11.8. The third kappa shape index (κ3) is 5.24. The van der Waals surface area contributed by atoms with Crippen LogP contribution in [0.15, 0.2) is 30.6 Å². The molecule has 1 N–H and O–H groups in total. The lowest BCUT2D eigenvalue weighted by Crippen LogP contribution is -2.53. The van der Waals surface area contributed by atoms with Crippen molar-refractivity contribution in [2.24, 2.45) is 0 Å². The van der Waals surface area contributed by atoms with Gasteiger partial charge in [-0.25, -0.2) is 9.97 Å². The first-order chi connectivity index (χ1) is 17.2. The first-order valence-electron chi connectivity index (χ1n) is 13.3. The number of anilines is 1. The maximum atomic E-state index is 14.1. The van der Waals surface area contributed by atoms with Gasteiger partial charge in [0, 0.05) is 55.0 Å². The molecule has 2 unspecified atom stereocenters. The minimum atomic E-state index is -0.809. The number of carbonyl (C=O) groups excluding carboxylic acids is 1. The van der Waals surface area contributed by atoms with Crippen molar-refractivity contribution < 1.29 is 9.90 Å². The quantitative estimate of drug-likeness (QED) is 0.635. The number of hydrogen-bond acceptors (Lipinski definition) is 6. The normalized spacial score (nSPS) is 23.7. The summed E-state index contributed by atoms with van der Waals surface area (Å²) in [5.41, 5.74) is 2.67. The minimum absolute atomic E-state index is 0.0640. The number of nitrogens with zero attached hydrogens (tertiary/aromatic N) is 5. The predicted octanol–water partition coefficient (Wildman–Crippen LogP) is 3.85. The number of carbonyl (C=O) groups is 1. The summed E-state index contributed by atoms with van der Waals surface area (Å²) in [5.74, 6) is 1.43. The van der Waals surface area contributed by atoms with Crippen molar-refractivity contribution in [2.75, 3.05) is 44.2 Å². The van der Waals surface area contributed by atoms with Crippen molar-refractivity contribution in [1.29, 1.82) is 0 Å². The van der Waals surface area contributed by atoms with Crippen molar-refractivity contribution in [3.05, 3.63) is 52.4 Å². The molecule has 0 spiro atoms. The summed E-state index contributed by atoms with van der Waals surface area (Å²) in [6.45, 7) is 10.3. The Bertz CT molecular complexity index is 1080. The van der Waals surface area contributed by atoms with E-state index in [1.807, 2.05) is 43.0 Å². The number of fused-ring (bicyclic) bond motifs is 1. The highest BCUT2D eigenvalue weighted by atomic mass is 35.5. The number of aryl methyl sites for hydroxylation is 1. The smallest absolute Gasteiger partial charge is 0.231 e. The average Bonchev–Trinajstić information content (AvgIpc) is 3.46. The molecule has 1 amide bonds. The zero-order valence-corrected chi connectivity index (χ0v) is 22.4. The van der Waals surface area contributed by atoms with Crippen LogP contribution in [-0.2, 0) is 11.2 Å². The highest BCUT2D eigenvalue weighted by Crippen LogP contribution is 2.38. The number of piperazine rings is 1. The molecule has 3 aliphatic rings. The lowest BCUT2D eigenvalue weighted by molar-refractivity contribution is -0.135. The van der Waals surface area contributed by atoms with Crippen molar-refractivity contribution in [2.45, 2.75) is 69.9 Å². The maximum Gasteiger partial charge on any atom is 0.231 e. The van der Waals surface area contributed by atoms with Gasteiger partial charge >= 0.3 is 0 Å². The fraction of sp³-hybridized carbons (Fsp3) is 0.607. The zero-order valence-electron chi connectivity index (χ0n) is 21.7. The molecule has 0 radical (unpaired) electrons. The van der Waals surface area contributed by atoms with E-state index in [9.17, 15) is 9.90 Å². The van der Waals surface area contributed by atoms with Crippen LogP contribution in [0.4, 0.5) is 5.82 Å². The molecule has 1 aliphatic carbocycles. The second-order valence-electron chi connectivity index (χ2n) is 11.3. The van der Waals surface area contributed by atoms with Crippen molar-refractivity contribution in [3.63, 3.8) is 0 Å². The van der Waals surface area contributed by atoms with E-state index in [1.165, 1.54) is 11.3 Å². The van der Waals surface area contributed by atoms with Gasteiger partial charge in [-0.15, -0.1) is 0 Å². The maximum absolute atomic E-state index is 14.1. The molecule has 7 nitrogen and oxygen atoms in total. The van der Waals surface area contributed by atoms with Crippen LogP contribution in [0.25, 0.3) is 0 Å². The highest BCUT2D eigenvalue weighted by molar-refractivity contribution is 6.30. The van der Waals surface area contributed by atoms with E-state index in [0.717, 1.165) is 56.7 Å². The predicted molar refractivity (Wildman–Crippen MR) is 143 cm³/mol. The largest absolute Gasteiger partial charge is 0.389 e. The average molecular weight is 512 g/mol. The van der Waals surface area contributed by atoms with Crippen molar-refractivity contribution >= 4 is 23.3 Å². The van der Waals surface area contributed by atoms with Crippen LogP contribution in [0, 0.1) is 0 Å². The van der Waals surface area contributed by atoms with E-state index in [-0.39, 0.29) is 17.9 Å². The van der Waals surface area contributed by atoms with E-state index in [2.05, 4.69) is 26.7 Å². The SMILES string of the molecule is CC1CCc2ncnc(N3CCN(C(=O)[C@@H](c4ccc(Cl)cc4)C4CCCN4CC(C)(C)O)CC3)c21. The summed E-state index contributed by atoms with van der Waals surface area (Å²) in [7, 11) is 0. The first kappa shape index (κ1) is 25.4. The highest BCUT2D eigenvalue weighted by Gasteiger charge is 2.41. The lowest BCUT2D eigenvalue weighted by Gasteiger charge is -2.40. The summed E-state index contributed by atoms with van der Waals surface area (Å²) in [6, 6.07) is 7.80. The topological polar surface area (TPSA) is 72.8 Å². The molecule has 1 aromatic carbocycles. The standard InChI is InChI=1S/C28H38ClN5O2/c1-19-6-11-22-24(19)26(31-18-30-22)32-13-15-33(16-14-32)27(35)25(20-7-9-21(29)10-8-20)23-5-4-12-34(23)17-28(2,3)36/h7-10,18-19,23,25,36H,4-6,11-17H2,1-3H3/t19?,23?,25-/m0/s1. The van der Waals surface area contributed by atoms with Crippen molar-refractivity contribution in [3.8, 4) is 0 Å². The molecule has 2 aliphatic heterocycles. The molecule has 2 aromatic rings. The molecule has 2 fully saturated rings. The molecule has 8 heteroatoms. The number of β-amino-alcohol motifs (C(OH)–C–C–N with tert-alkyl or cyclic N) is 1. The summed E-state index contributed by atoms with van der Waals surface area (Å²) in [5, 5.41) is 11.2. The Labute approximate surface area is 219 Å². The van der Waals surface area contributed by atoms with E-state index >= 15 is 0 Å². The van der Waals surface area contributed by atoms with Crippen LogP contribution in [0.2, 0.25) is 5.02 Å². The first-order valence-corrected chi connectivity index (χ1v) is 13.7. The van der Waals surface area contributed by atoms with Gasteiger partial charge in [-0.1, -0.05) is 30.7 Å². The number of aliphatic hydroxyl groups is 1. The summed E-state index contributed by atoms with van der Waals surface area (Å²) >= 11 is 6.19. The Morgan fingerprint density at radius 3 is 2.53 bits per heavy atom. The van der Waals surface area contributed by atoms with Gasteiger partial charge in [-0.2, -0.15) is 0 Å². The number of rotatable bonds is 6. The van der Waals surface area contributed by atoms with Crippen molar-refractivity contribution in [1.82, 2.24) is 19.8 Å². The fourth-order valence-electron chi connectivity index (χ4n) is 6.33. The molecule has 194 valence electrons. The molecule has 5 rings (SSSR count). The second kappa shape index (κ2) is 10.3. The molecule has 0 bridgehead atoms. The van der Waals surface area contributed by atoms with Gasteiger partial charge in [-0.05, 0) is 69.7 Å². The molecule has 36 heavy (non-hydrogen) atoms. The van der Waals surface area contributed by atoms with Crippen LogP contribution in [-0.4, -0.2) is 81.7 Å². The fourth-order valence-corrected chi connectivity index (χ4v) is 6.46. The number of likely N-dealkylation sites (tertiary alicyclic amines) is 1. The molecular formula is C28H38ClN5O2. The van der Waals surface area contributed by atoms with Crippen LogP contribution in [0.3, 0.4) is 0 Å². The van der Waals surface area contributed by atoms with Gasteiger partial charge in [0.2, 0.25) is 5.91 Å². The van der Waals surface area contributed by atoms with Gasteiger partial charge in [0.15, 0.2) is 0 Å². The van der Waals surface area contributed by atoms with E-state index in [0.29, 0.717) is 30.6 Å². The lowest BCUT2D eigenvalue weighted by atomic mass is 9.87. The van der Waals surface area contributed by atoms with Gasteiger partial charge < -0.3 is 14.9 Å². The third-order valence-electron chi connectivity index (χ3n) is 8.03. The molecule has 3 heterocycles. The van der Waals surface area contributed by atoms with Gasteiger partial charge in [-0.3, -0.25) is 9.69 Å². The Morgan fingerprint density at radius 1 is 1.11 bits per heavy atom. The van der Waals surface area contributed by atoms with Crippen LogP contribution in [0.1, 0.15) is 68.7 Å². The molecule has 2 saturated heterocycles. The zero-order chi connectivity index (χ0) is 25.4. The van der Waals surface area contributed by atoms with E-state index in [4.69, 9.17) is 11.6 Å². The number of halogens is 1. The monoisotopic (exact) mass is 511 g/mol. The Morgan fingerprint density at radius 2 is 1.83 bits per heavy atom. The molecule has 3 atom stereocenters. The number of aromatic nitrogens is 2. The van der Waals surface area contributed by atoms with E-state index in [1.54, 1.807) is 6.33 Å². The summed E-state index contributed by atoms with van der Waals surface area (Å²) < 4.78 is 0. The van der Waals surface area contributed by atoms with E-state index < -0.39 is 5.60 Å². The van der Waals surface area contributed by atoms with Crippen LogP contribution < -0.4 is 4.90 Å². The summed E-state index contributed by atoms with van der Waals surface area (Å²) in [4.78, 5) is 30.0. The van der Waals surface area contributed by atoms with Gasteiger partial charge in [0.25, 0.3) is 0 Å². The van der Waals surface area contributed by atoms with Gasteiger partial charge in [0.1, 0.15) is 12.1 Å². The number of amides is 1. The van der Waals surface area contributed by atoms with Gasteiger partial charge in [0.05, 0.1) is 11.5 Å². The summed E-state index contributed by atoms with van der Waals surface area (Å²) in [6.07, 6.45) is 5.82. The number of benzene rings is 1. The minimum Gasteiger partial charge on any atom is -0.389 e. The Hall–Kier alpha value is -2.22. The molecule has 1 aromatic heterocycles. The van der Waals surface area contributed by atoms with Crippen LogP contribution >= 0.6 is 11.6 Å². The molecule has 0 saturated carbocycles. The third-order valence-corrected chi connectivity index (χ3v) is 8.28. The molecular weight excluding hydrogens is 474 g/mol. The Balaban J connectivity index is 1.35. The van der Waals surface area contributed by atoms with Crippen LogP contribution in [0.5, 0.6) is 0 Å². The Kier molecular flexibility index (Phi) is 7.25.